The average molecular weight is 249 g/mol. The number of carbonyl (C=O) groups is 1. The number of hydrogen-bond donors (Lipinski definition) is 3. The van der Waals surface area contributed by atoms with E-state index in [0.29, 0.717) is 0 Å². The van der Waals surface area contributed by atoms with E-state index < -0.39 is 21.3 Å². The highest BCUT2D eigenvalue weighted by atomic mass is 32.2. The Balaban J connectivity index is 2.48. The molecule has 1 rings (SSSR count). The van der Waals surface area contributed by atoms with E-state index in [0.717, 1.165) is 12.8 Å². The molecule has 1 amide bonds. The summed E-state index contributed by atoms with van der Waals surface area (Å²) in [4.78, 5) is 11.5. The van der Waals surface area contributed by atoms with Crippen molar-refractivity contribution in [2.75, 3.05) is 6.54 Å². The highest BCUT2D eigenvalue weighted by Gasteiger charge is 2.29. The first-order chi connectivity index (χ1) is 7.36. The SMILES string of the molecule is CC(NS(=O)(=O)C(C)CN)C(=O)NC1CC1. The molecule has 0 spiro atoms. The standard InChI is InChI=1S/C9H19N3O3S/c1-6(5-10)16(14,15)12-7(2)9(13)11-8-3-4-8/h6-8,12H,3-5,10H2,1-2H3,(H,11,13). The Morgan fingerprint density at radius 1 is 1.44 bits per heavy atom. The van der Waals surface area contributed by atoms with E-state index in [-0.39, 0.29) is 18.5 Å². The fourth-order valence-corrected chi connectivity index (χ4v) is 2.18. The molecule has 7 heteroatoms. The zero-order valence-electron chi connectivity index (χ0n) is 9.56. The quantitative estimate of drug-likeness (QED) is 0.557. The van der Waals surface area contributed by atoms with Crippen LogP contribution in [0.15, 0.2) is 0 Å². The molecule has 0 radical (unpaired) electrons. The Morgan fingerprint density at radius 3 is 2.44 bits per heavy atom. The van der Waals surface area contributed by atoms with Gasteiger partial charge in [-0.2, -0.15) is 0 Å². The molecule has 2 atom stereocenters. The number of nitrogens with two attached hydrogens (primary N) is 1. The molecule has 2 unspecified atom stereocenters. The molecule has 1 aliphatic carbocycles. The second kappa shape index (κ2) is 5.11. The molecule has 0 aromatic rings. The molecule has 94 valence electrons. The number of nitrogens with one attached hydrogen (secondary N) is 2. The summed E-state index contributed by atoms with van der Waals surface area (Å²) in [5.74, 6) is -0.282. The molecule has 6 nitrogen and oxygen atoms in total. The van der Waals surface area contributed by atoms with Crippen LogP contribution in [-0.4, -0.2) is 38.2 Å². The van der Waals surface area contributed by atoms with E-state index in [1.54, 1.807) is 0 Å². The van der Waals surface area contributed by atoms with Gasteiger partial charge >= 0.3 is 0 Å². The van der Waals surface area contributed by atoms with Gasteiger partial charge in [0.15, 0.2) is 0 Å². The second-order valence-electron chi connectivity index (χ2n) is 4.21. The van der Waals surface area contributed by atoms with Gasteiger partial charge in [0, 0.05) is 12.6 Å². The second-order valence-corrected chi connectivity index (χ2v) is 6.34. The first-order valence-electron chi connectivity index (χ1n) is 5.38. The van der Waals surface area contributed by atoms with Crippen molar-refractivity contribution in [1.82, 2.24) is 10.0 Å². The molecule has 0 aromatic carbocycles. The normalized spacial score (nSPS) is 20.2. The van der Waals surface area contributed by atoms with Gasteiger partial charge in [0.25, 0.3) is 0 Å². The first-order valence-corrected chi connectivity index (χ1v) is 6.93. The number of rotatable bonds is 6. The zero-order chi connectivity index (χ0) is 12.3. The smallest absolute Gasteiger partial charge is 0.238 e. The Kier molecular flexibility index (Phi) is 4.28. The van der Waals surface area contributed by atoms with Gasteiger partial charge in [-0.1, -0.05) is 0 Å². The number of amides is 1. The van der Waals surface area contributed by atoms with Crippen LogP contribution in [0.25, 0.3) is 0 Å². The topological polar surface area (TPSA) is 101 Å². The van der Waals surface area contributed by atoms with Crippen LogP contribution in [-0.2, 0) is 14.8 Å². The van der Waals surface area contributed by atoms with E-state index in [2.05, 4.69) is 10.0 Å². The van der Waals surface area contributed by atoms with Crippen LogP contribution in [0.4, 0.5) is 0 Å². The van der Waals surface area contributed by atoms with Gasteiger partial charge in [0.05, 0.1) is 11.3 Å². The maximum Gasteiger partial charge on any atom is 0.238 e. The summed E-state index contributed by atoms with van der Waals surface area (Å²) in [6, 6.07) is -0.522. The maximum absolute atomic E-state index is 11.6. The lowest BCUT2D eigenvalue weighted by molar-refractivity contribution is -0.122. The van der Waals surface area contributed by atoms with Crippen LogP contribution in [0.2, 0.25) is 0 Å². The van der Waals surface area contributed by atoms with Crippen LogP contribution < -0.4 is 15.8 Å². The van der Waals surface area contributed by atoms with Crippen molar-refractivity contribution in [3.8, 4) is 0 Å². The third-order valence-corrected chi connectivity index (χ3v) is 4.45. The van der Waals surface area contributed by atoms with Crippen molar-refractivity contribution in [2.24, 2.45) is 5.73 Å². The Morgan fingerprint density at radius 2 is 2.00 bits per heavy atom. The number of sulfonamides is 1. The van der Waals surface area contributed by atoms with Gasteiger partial charge in [-0.15, -0.1) is 0 Å². The molecule has 0 aromatic heterocycles. The van der Waals surface area contributed by atoms with Crippen molar-refractivity contribution < 1.29 is 13.2 Å². The highest BCUT2D eigenvalue weighted by Crippen LogP contribution is 2.18. The van der Waals surface area contributed by atoms with Crippen molar-refractivity contribution in [3.63, 3.8) is 0 Å². The van der Waals surface area contributed by atoms with Gasteiger partial charge in [0.1, 0.15) is 0 Å². The Bertz CT molecular complexity index is 351. The highest BCUT2D eigenvalue weighted by molar-refractivity contribution is 7.90. The molecular formula is C9H19N3O3S. The number of hydrogen-bond acceptors (Lipinski definition) is 4. The van der Waals surface area contributed by atoms with Gasteiger partial charge in [-0.25, -0.2) is 13.1 Å². The van der Waals surface area contributed by atoms with E-state index in [1.807, 2.05) is 0 Å². The molecule has 4 N–H and O–H groups in total. The Labute approximate surface area is 96.0 Å². The van der Waals surface area contributed by atoms with Crippen molar-refractivity contribution in [2.45, 2.75) is 44.0 Å². The van der Waals surface area contributed by atoms with E-state index in [1.165, 1.54) is 13.8 Å². The fraction of sp³-hybridized carbons (Fsp3) is 0.889. The largest absolute Gasteiger partial charge is 0.352 e. The summed E-state index contributed by atoms with van der Waals surface area (Å²) in [5, 5.41) is 2.04. The monoisotopic (exact) mass is 249 g/mol. The van der Waals surface area contributed by atoms with Crippen LogP contribution in [0.1, 0.15) is 26.7 Å². The molecule has 1 saturated carbocycles. The third kappa shape index (κ3) is 3.73. The van der Waals surface area contributed by atoms with Crippen molar-refractivity contribution in [3.05, 3.63) is 0 Å². The molecule has 0 aliphatic heterocycles. The molecule has 0 saturated heterocycles. The van der Waals surface area contributed by atoms with E-state index in [4.69, 9.17) is 5.73 Å². The lowest BCUT2D eigenvalue weighted by Crippen LogP contribution is -2.48. The molecule has 0 bridgehead atoms. The molecule has 0 heterocycles. The van der Waals surface area contributed by atoms with Crippen molar-refractivity contribution >= 4 is 15.9 Å². The molecule has 1 fully saturated rings. The van der Waals surface area contributed by atoms with Crippen LogP contribution >= 0.6 is 0 Å². The first kappa shape index (κ1) is 13.4. The molecular weight excluding hydrogens is 230 g/mol. The summed E-state index contributed by atoms with van der Waals surface area (Å²) in [5.41, 5.74) is 5.28. The minimum Gasteiger partial charge on any atom is -0.352 e. The van der Waals surface area contributed by atoms with Crippen LogP contribution in [0.5, 0.6) is 0 Å². The maximum atomic E-state index is 11.6. The van der Waals surface area contributed by atoms with Gasteiger partial charge in [-0.05, 0) is 26.7 Å². The summed E-state index contributed by atoms with van der Waals surface area (Å²) in [6.45, 7) is 3.07. The summed E-state index contributed by atoms with van der Waals surface area (Å²) < 4.78 is 25.5. The third-order valence-electron chi connectivity index (χ3n) is 2.52. The number of carbonyl (C=O) groups excluding carboxylic acids is 1. The fourth-order valence-electron chi connectivity index (χ4n) is 1.10. The van der Waals surface area contributed by atoms with Crippen LogP contribution in [0.3, 0.4) is 0 Å². The minimum absolute atomic E-state index is 0.0340. The lowest BCUT2D eigenvalue weighted by Gasteiger charge is -2.17. The summed E-state index contributed by atoms with van der Waals surface area (Å²) in [7, 11) is -3.51. The molecule has 16 heavy (non-hydrogen) atoms. The van der Waals surface area contributed by atoms with E-state index >= 15 is 0 Å². The predicted molar refractivity (Wildman–Crippen MR) is 61.2 cm³/mol. The van der Waals surface area contributed by atoms with E-state index in [9.17, 15) is 13.2 Å². The predicted octanol–water partition coefficient (Wildman–Crippen LogP) is -1.08. The zero-order valence-corrected chi connectivity index (χ0v) is 10.4. The Hall–Kier alpha value is -0.660. The van der Waals surface area contributed by atoms with Crippen LogP contribution in [0, 0.1) is 0 Å². The van der Waals surface area contributed by atoms with Gasteiger partial charge in [0.2, 0.25) is 15.9 Å². The van der Waals surface area contributed by atoms with Gasteiger partial charge < -0.3 is 11.1 Å². The summed E-state index contributed by atoms with van der Waals surface area (Å²) in [6.07, 6.45) is 1.95. The van der Waals surface area contributed by atoms with Gasteiger partial charge in [-0.3, -0.25) is 4.79 Å². The minimum atomic E-state index is -3.51. The summed E-state index contributed by atoms with van der Waals surface area (Å²) >= 11 is 0. The lowest BCUT2D eigenvalue weighted by atomic mass is 10.3. The average Bonchev–Trinajstić information content (AvgIpc) is 2.99. The van der Waals surface area contributed by atoms with Crippen molar-refractivity contribution in [1.29, 1.82) is 0 Å². The molecule has 1 aliphatic rings.